The van der Waals surface area contributed by atoms with Gasteiger partial charge in [-0.3, -0.25) is 9.59 Å². The first-order valence-corrected chi connectivity index (χ1v) is 7.94. The molecule has 7 heteroatoms. The van der Waals surface area contributed by atoms with Gasteiger partial charge in [0, 0.05) is 25.5 Å². The van der Waals surface area contributed by atoms with Gasteiger partial charge in [0.15, 0.2) is 11.7 Å². The number of aliphatic carboxylic acids is 1. The van der Waals surface area contributed by atoms with Crippen molar-refractivity contribution in [3.8, 4) is 11.3 Å². The van der Waals surface area contributed by atoms with Crippen molar-refractivity contribution >= 4 is 11.9 Å². The Hall–Kier alpha value is -2.67. The van der Waals surface area contributed by atoms with Crippen LogP contribution in [0.15, 0.2) is 40.9 Å². The number of carboxylic acids is 1. The van der Waals surface area contributed by atoms with E-state index in [2.05, 4.69) is 10.3 Å². The Labute approximate surface area is 146 Å². The van der Waals surface area contributed by atoms with Crippen LogP contribution in [0.5, 0.6) is 0 Å². The fourth-order valence-electron chi connectivity index (χ4n) is 2.56. The summed E-state index contributed by atoms with van der Waals surface area (Å²) in [6, 6.07) is 9.56. The Morgan fingerprint density at radius 3 is 2.68 bits per heavy atom. The minimum absolute atomic E-state index is 0.113. The van der Waals surface area contributed by atoms with Crippen LogP contribution in [0.25, 0.3) is 11.3 Å². The summed E-state index contributed by atoms with van der Waals surface area (Å²) in [7, 11) is 1.46. The lowest BCUT2D eigenvalue weighted by Crippen LogP contribution is -2.50. The largest absolute Gasteiger partial charge is 0.481 e. The van der Waals surface area contributed by atoms with Gasteiger partial charge in [-0.2, -0.15) is 0 Å². The minimum atomic E-state index is -1.000. The normalized spacial score (nSPS) is 13.2. The first kappa shape index (κ1) is 18.7. The maximum atomic E-state index is 12.1. The third-order valence-electron chi connectivity index (χ3n) is 3.62. The fourth-order valence-corrected chi connectivity index (χ4v) is 2.56. The van der Waals surface area contributed by atoms with Gasteiger partial charge in [0.2, 0.25) is 5.91 Å². The standard InChI is InChI=1S/C18H22N2O5/c1-18(12-24-2,10-17(22)23)20-15(21)8-9-16-19-11-14(25-16)13-6-4-3-5-7-13/h3-7,11H,8-10,12H2,1-2H3,(H,20,21)(H,22,23). The molecule has 0 aliphatic rings. The number of hydrogen-bond donors (Lipinski definition) is 2. The second kappa shape index (κ2) is 8.43. The minimum Gasteiger partial charge on any atom is -0.481 e. The molecule has 0 fully saturated rings. The Kier molecular flexibility index (Phi) is 6.30. The quantitative estimate of drug-likeness (QED) is 0.722. The van der Waals surface area contributed by atoms with E-state index in [4.69, 9.17) is 14.3 Å². The summed E-state index contributed by atoms with van der Waals surface area (Å²) in [5.74, 6) is -0.174. The van der Waals surface area contributed by atoms with Crippen molar-refractivity contribution < 1.29 is 23.8 Å². The molecule has 1 amide bonds. The van der Waals surface area contributed by atoms with Crippen LogP contribution < -0.4 is 5.32 Å². The highest BCUT2D eigenvalue weighted by Crippen LogP contribution is 2.20. The molecule has 0 bridgehead atoms. The van der Waals surface area contributed by atoms with Gasteiger partial charge in [0.05, 0.1) is 24.8 Å². The summed E-state index contributed by atoms with van der Waals surface area (Å²) < 4.78 is 10.7. The lowest BCUT2D eigenvalue weighted by atomic mass is 9.98. The van der Waals surface area contributed by atoms with Crippen molar-refractivity contribution in [1.29, 1.82) is 0 Å². The SMILES string of the molecule is COCC(C)(CC(=O)O)NC(=O)CCc1ncc(-c2ccccc2)o1. The Morgan fingerprint density at radius 1 is 1.32 bits per heavy atom. The number of carbonyl (C=O) groups excluding carboxylic acids is 1. The molecule has 134 valence electrons. The van der Waals surface area contributed by atoms with Gasteiger partial charge in [-0.25, -0.2) is 4.98 Å². The average Bonchev–Trinajstić information content (AvgIpc) is 3.02. The van der Waals surface area contributed by atoms with Crippen LogP contribution in [0.2, 0.25) is 0 Å². The van der Waals surface area contributed by atoms with Gasteiger partial charge < -0.3 is 19.6 Å². The number of nitrogens with zero attached hydrogens (tertiary/aromatic N) is 1. The number of amides is 1. The zero-order valence-electron chi connectivity index (χ0n) is 14.3. The second-order valence-corrected chi connectivity index (χ2v) is 6.10. The van der Waals surface area contributed by atoms with Crippen LogP contribution in [0.4, 0.5) is 0 Å². The molecule has 2 rings (SSSR count). The smallest absolute Gasteiger partial charge is 0.305 e. The average molecular weight is 346 g/mol. The van der Waals surface area contributed by atoms with Gasteiger partial charge in [-0.1, -0.05) is 30.3 Å². The Balaban J connectivity index is 1.91. The molecule has 0 radical (unpaired) electrons. The highest BCUT2D eigenvalue weighted by atomic mass is 16.5. The number of carbonyl (C=O) groups is 2. The van der Waals surface area contributed by atoms with Crippen molar-refractivity contribution in [3.05, 3.63) is 42.4 Å². The molecular formula is C18H22N2O5. The monoisotopic (exact) mass is 346 g/mol. The van der Waals surface area contributed by atoms with E-state index < -0.39 is 11.5 Å². The van der Waals surface area contributed by atoms with E-state index in [0.29, 0.717) is 18.1 Å². The van der Waals surface area contributed by atoms with Crippen molar-refractivity contribution in [3.63, 3.8) is 0 Å². The van der Waals surface area contributed by atoms with Crippen molar-refractivity contribution in [1.82, 2.24) is 10.3 Å². The Morgan fingerprint density at radius 2 is 2.04 bits per heavy atom. The van der Waals surface area contributed by atoms with Gasteiger partial charge in [-0.05, 0) is 6.92 Å². The van der Waals surface area contributed by atoms with Crippen molar-refractivity contribution in [2.45, 2.75) is 31.7 Å². The summed E-state index contributed by atoms with van der Waals surface area (Å²) in [5.41, 5.74) is -0.0384. The van der Waals surface area contributed by atoms with Crippen LogP contribution in [0, 0.1) is 0 Å². The maximum Gasteiger partial charge on any atom is 0.305 e. The van der Waals surface area contributed by atoms with Crippen LogP contribution in [0.3, 0.4) is 0 Å². The summed E-state index contributed by atoms with van der Waals surface area (Å²) in [4.78, 5) is 27.3. The van der Waals surface area contributed by atoms with E-state index in [1.54, 1.807) is 13.1 Å². The number of benzene rings is 1. The number of aryl methyl sites for hydroxylation is 1. The molecule has 1 atom stereocenters. The number of methoxy groups -OCH3 is 1. The van der Waals surface area contributed by atoms with E-state index >= 15 is 0 Å². The third-order valence-corrected chi connectivity index (χ3v) is 3.62. The molecule has 7 nitrogen and oxygen atoms in total. The summed E-state index contributed by atoms with van der Waals surface area (Å²) in [6.45, 7) is 1.75. The number of ether oxygens (including phenoxy) is 1. The molecule has 1 heterocycles. The molecule has 2 N–H and O–H groups in total. The number of oxazole rings is 1. The van der Waals surface area contributed by atoms with Crippen LogP contribution in [-0.2, 0) is 20.7 Å². The maximum absolute atomic E-state index is 12.1. The van der Waals surface area contributed by atoms with E-state index in [9.17, 15) is 9.59 Å². The predicted octanol–water partition coefficient (Wildman–Crippen LogP) is 2.27. The fraction of sp³-hybridized carbons (Fsp3) is 0.389. The van der Waals surface area contributed by atoms with E-state index in [-0.39, 0.29) is 25.4 Å². The molecule has 25 heavy (non-hydrogen) atoms. The number of carboxylic acid groups (broad SMARTS) is 1. The zero-order valence-corrected chi connectivity index (χ0v) is 14.3. The lowest BCUT2D eigenvalue weighted by Gasteiger charge is -2.28. The summed E-state index contributed by atoms with van der Waals surface area (Å²) >= 11 is 0. The van der Waals surface area contributed by atoms with Crippen molar-refractivity contribution in [2.75, 3.05) is 13.7 Å². The highest BCUT2D eigenvalue weighted by Gasteiger charge is 2.29. The molecule has 1 unspecified atom stereocenters. The number of rotatable bonds is 9. The van der Waals surface area contributed by atoms with Crippen LogP contribution in [-0.4, -0.2) is 41.2 Å². The van der Waals surface area contributed by atoms with Crippen molar-refractivity contribution in [2.24, 2.45) is 0 Å². The van der Waals surface area contributed by atoms with Crippen LogP contribution >= 0.6 is 0 Å². The zero-order chi connectivity index (χ0) is 18.3. The molecular weight excluding hydrogens is 324 g/mol. The van der Waals surface area contributed by atoms with Crippen LogP contribution in [0.1, 0.15) is 25.7 Å². The van der Waals surface area contributed by atoms with Gasteiger partial charge in [-0.15, -0.1) is 0 Å². The van der Waals surface area contributed by atoms with E-state index in [0.717, 1.165) is 5.56 Å². The summed E-state index contributed by atoms with van der Waals surface area (Å²) in [5, 5.41) is 11.7. The first-order valence-electron chi connectivity index (χ1n) is 7.94. The number of hydrogen-bond acceptors (Lipinski definition) is 5. The van der Waals surface area contributed by atoms with Gasteiger partial charge in [0.1, 0.15) is 0 Å². The first-order chi connectivity index (χ1) is 11.9. The molecule has 0 aliphatic heterocycles. The predicted molar refractivity (Wildman–Crippen MR) is 90.9 cm³/mol. The molecule has 1 aromatic heterocycles. The van der Waals surface area contributed by atoms with Gasteiger partial charge >= 0.3 is 5.97 Å². The van der Waals surface area contributed by atoms with E-state index in [1.807, 2.05) is 30.3 Å². The second-order valence-electron chi connectivity index (χ2n) is 6.10. The Bertz CT molecular complexity index is 713. The molecule has 0 saturated carbocycles. The molecule has 1 aromatic carbocycles. The highest BCUT2D eigenvalue weighted by molar-refractivity contribution is 5.78. The molecule has 2 aromatic rings. The number of aromatic nitrogens is 1. The summed E-state index contributed by atoms with van der Waals surface area (Å²) in [6.07, 6.45) is 1.88. The lowest BCUT2D eigenvalue weighted by molar-refractivity contribution is -0.139. The molecule has 0 aliphatic carbocycles. The topological polar surface area (TPSA) is 102 Å². The third kappa shape index (κ3) is 5.72. The molecule has 0 spiro atoms. The molecule has 0 saturated heterocycles. The number of nitrogens with one attached hydrogen (secondary N) is 1. The van der Waals surface area contributed by atoms with E-state index in [1.165, 1.54) is 7.11 Å². The van der Waals surface area contributed by atoms with Gasteiger partial charge in [0.25, 0.3) is 0 Å².